The van der Waals surface area contributed by atoms with Crippen LogP contribution in [0.4, 0.5) is 0 Å². The molecule has 1 N–H and O–H groups in total. The first-order valence-corrected chi connectivity index (χ1v) is 7.51. The Morgan fingerprint density at radius 2 is 1.95 bits per heavy atom. The van der Waals surface area contributed by atoms with Crippen molar-refractivity contribution in [3.63, 3.8) is 0 Å². The topological polar surface area (TPSA) is 56.2 Å². The summed E-state index contributed by atoms with van der Waals surface area (Å²) in [5.41, 5.74) is 1.77. The van der Waals surface area contributed by atoms with Crippen molar-refractivity contribution in [3.8, 4) is 5.75 Å². The molecule has 4 heteroatoms. The van der Waals surface area contributed by atoms with E-state index in [2.05, 4.69) is 4.98 Å². The molecule has 0 aliphatic carbocycles. The molecule has 1 atom stereocenters. The second-order valence-electron chi connectivity index (χ2n) is 4.71. The molecule has 0 spiro atoms. The Labute approximate surface area is 116 Å². The lowest BCUT2D eigenvalue weighted by Crippen LogP contribution is -2.07. The predicted molar refractivity (Wildman–Crippen MR) is 76.5 cm³/mol. The fraction of sp³-hybridized carbons (Fsp3) is 0.267. The molecule has 1 aromatic carbocycles. The van der Waals surface area contributed by atoms with Crippen LogP contribution in [0.25, 0.3) is 0 Å². The molecule has 0 aliphatic heterocycles. The quantitative estimate of drug-likeness (QED) is 0.872. The van der Waals surface area contributed by atoms with Crippen LogP contribution in [0.3, 0.4) is 0 Å². The van der Waals surface area contributed by atoms with Gasteiger partial charge in [-0.3, -0.25) is 0 Å². The predicted octanol–water partition coefficient (Wildman–Crippen LogP) is 3.22. The van der Waals surface area contributed by atoms with Gasteiger partial charge >= 0.3 is 0 Å². The van der Waals surface area contributed by atoms with Gasteiger partial charge in [0, 0.05) is 28.5 Å². The summed E-state index contributed by atoms with van der Waals surface area (Å²) in [4.78, 5) is 4.20. The average Bonchev–Trinajstić information content (AvgIpc) is 2.39. The first-order chi connectivity index (χ1) is 9.08. The number of hydrogen-bond acceptors (Lipinski definition) is 3. The number of aromatic hydroxyl groups is 1. The number of benzene rings is 1. The van der Waals surface area contributed by atoms with E-state index in [0.717, 1.165) is 11.1 Å². The molecule has 100 valence electrons. The third kappa shape index (κ3) is 3.49. The number of aromatic nitrogens is 1. The summed E-state index contributed by atoms with van der Waals surface area (Å²) in [7, 11) is 0. The maximum atomic E-state index is 12.2. The molecule has 1 unspecified atom stereocenters. The lowest BCUT2D eigenvalue weighted by molar-refractivity contribution is 0.460. The summed E-state index contributed by atoms with van der Waals surface area (Å²) >= 11 is -1.24. The summed E-state index contributed by atoms with van der Waals surface area (Å²) in [5, 5.41) is 10.3. The van der Waals surface area contributed by atoms with Gasteiger partial charge in [-0.2, -0.15) is 0 Å². The van der Waals surface area contributed by atoms with Crippen LogP contribution in [-0.2, 0) is 16.9 Å². The van der Waals surface area contributed by atoms with E-state index >= 15 is 0 Å². The summed E-state index contributed by atoms with van der Waals surface area (Å²) in [5.74, 6) is 0.777. The molecule has 0 saturated carbocycles. The molecule has 1 heterocycles. The van der Waals surface area contributed by atoms with Gasteiger partial charge in [-0.15, -0.1) is 0 Å². The van der Waals surface area contributed by atoms with E-state index in [9.17, 15) is 9.66 Å². The van der Waals surface area contributed by atoms with Crippen molar-refractivity contribution in [1.29, 1.82) is 0 Å². The number of pyridine rings is 1. The lowest BCUT2D eigenvalue weighted by Gasteiger charge is -2.12. The Bertz CT molecular complexity index is 543. The van der Waals surface area contributed by atoms with E-state index in [0.29, 0.717) is 10.8 Å². The second kappa shape index (κ2) is 6.08. The zero-order chi connectivity index (χ0) is 13.8. The van der Waals surface area contributed by atoms with Gasteiger partial charge in [0.1, 0.15) is 11.5 Å². The monoisotopic (exact) mass is 275 g/mol. The molecule has 3 nitrogen and oxygen atoms in total. The van der Waals surface area contributed by atoms with Crippen molar-refractivity contribution in [2.75, 3.05) is 0 Å². The highest BCUT2D eigenvalue weighted by molar-refractivity contribution is 7.90. The van der Waals surface area contributed by atoms with Crippen molar-refractivity contribution < 1.29 is 9.66 Å². The second-order valence-corrected chi connectivity index (χ2v) is 6.11. The standard InChI is InChI=1S/C15H17NO2S/c1-11(2)13-9-16-15(8-14(13)17)19(18)10-12-6-4-3-5-7-12/h3-9,11H,10H2,1-2H3,(H,16,17). The summed E-state index contributed by atoms with van der Waals surface area (Å²) in [6.45, 7) is 3.97. The highest BCUT2D eigenvalue weighted by Crippen LogP contribution is 2.27. The molecular formula is C15H17NO2S. The first kappa shape index (κ1) is 13.9. The van der Waals surface area contributed by atoms with E-state index < -0.39 is 11.2 Å². The zero-order valence-electron chi connectivity index (χ0n) is 11.0. The Balaban J connectivity index is 2.16. The van der Waals surface area contributed by atoms with Crippen LogP contribution in [0.1, 0.15) is 30.9 Å². The highest BCUT2D eigenvalue weighted by atomic mass is 32.2. The van der Waals surface area contributed by atoms with E-state index in [1.54, 1.807) is 6.20 Å². The molecule has 0 radical (unpaired) electrons. The first-order valence-electron chi connectivity index (χ1n) is 6.19. The van der Waals surface area contributed by atoms with E-state index in [1.807, 2.05) is 44.2 Å². The third-order valence-electron chi connectivity index (χ3n) is 2.88. The molecule has 1 aromatic heterocycles. The largest absolute Gasteiger partial charge is 0.610 e. The maximum absolute atomic E-state index is 12.2. The van der Waals surface area contributed by atoms with Crippen LogP contribution in [0.15, 0.2) is 47.6 Å². The van der Waals surface area contributed by atoms with Crippen molar-refractivity contribution in [2.45, 2.75) is 30.5 Å². The van der Waals surface area contributed by atoms with Crippen molar-refractivity contribution >= 4 is 11.2 Å². The SMILES string of the molecule is CC(C)c1cnc([S+]([O-])Cc2ccccc2)cc1O. The van der Waals surface area contributed by atoms with Crippen molar-refractivity contribution in [1.82, 2.24) is 4.98 Å². The lowest BCUT2D eigenvalue weighted by atomic mass is 10.1. The molecule has 0 fully saturated rings. The van der Waals surface area contributed by atoms with Gasteiger partial charge in [0.25, 0.3) is 0 Å². The summed E-state index contributed by atoms with van der Waals surface area (Å²) < 4.78 is 12.2. The van der Waals surface area contributed by atoms with Crippen molar-refractivity contribution in [3.05, 3.63) is 53.7 Å². The average molecular weight is 275 g/mol. The van der Waals surface area contributed by atoms with Crippen LogP contribution in [0.5, 0.6) is 5.75 Å². The summed E-state index contributed by atoms with van der Waals surface area (Å²) in [6.07, 6.45) is 1.61. The maximum Gasteiger partial charge on any atom is 0.248 e. The van der Waals surface area contributed by atoms with Gasteiger partial charge in [0.15, 0.2) is 0 Å². The molecule has 0 amide bonds. The number of hydrogen-bond donors (Lipinski definition) is 1. The fourth-order valence-corrected chi connectivity index (χ4v) is 2.86. The van der Waals surface area contributed by atoms with E-state index in [1.165, 1.54) is 6.07 Å². The zero-order valence-corrected chi connectivity index (χ0v) is 11.9. The Kier molecular flexibility index (Phi) is 4.45. The van der Waals surface area contributed by atoms with Crippen LogP contribution in [0, 0.1) is 0 Å². The molecule has 2 aromatic rings. The van der Waals surface area contributed by atoms with Gasteiger partial charge in [-0.1, -0.05) is 44.2 Å². The highest BCUT2D eigenvalue weighted by Gasteiger charge is 2.17. The minimum absolute atomic E-state index is 0.168. The van der Waals surface area contributed by atoms with Gasteiger partial charge in [-0.25, -0.2) is 4.98 Å². The molecule has 0 bridgehead atoms. The fourth-order valence-electron chi connectivity index (χ4n) is 1.81. The smallest absolute Gasteiger partial charge is 0.248 e. The minimum atomic E-state index is -1.24. The van der Waals surface area contributed by atoms with Crippen LogP contribution >= 0.6 is 0 Å². The number of rotatable bonds is 4. The molecule has 19 heavy (non-hydrogen) atoms. The van der Waals surface area contributed by atoms with E-state index in [-0.39, 0.29) is 11.7 Å². The van der Waals surface area contributed by atoms with Crippen LogP contribution in [-0.4, -0.2) is 14.6 Å². The third-order valence-corrected chi connectivity index (χ3v) is 4.17. The minimum Gasteiger partial charge on any atom is -0.610 e. The Hall–Kier alpha value is -1.52. The van der Waals surface area contributed by atoms with E-state index in [4.69, 9.17) is 0 Å². The van der Waals surface area contributed by atoms with Gasteiger partial charge in [0.05, 0.1) is 6.07 Å². The Morgan fingerprint density at radius 1 is 1.26 bits per heavy atom. The van der Waals surface area contributed by atoms with Gasteiger partial charge in [-0.05, 0) is 5.92 Å². The number of nitrogens with zero attached hydrogens (tertiary/aromatic N) is 1. The molecule has 0 aliphatic rings. The van der Waals surface area contributed by atoms with Crippen LogP contribution < -0.4 is 0 Å². The molecule has 2 rings (SSSR count). The van der Waals surface area contributed by atoms with Gasteiger partial charge < -0.3 is 9.66 Å². The normalized spacial score (nSPS) is 12.6. The Morgan fingerprint density at radius 3 is 2.53 bits per heavy atom. The van der Waals surface area contributed by atoms with Crippen molar-refractivity contribution in [2.24, 2.45) is 0 Å². The summed E-state index contributed by atoms with van der Waals surface area (Å²) in [6, 6.07) is 11.1. The molecular weight excluding hydrogens is 258 g/mol. The molecule has 0 saturated heterocycles. The van der Waals surface area contributed by atoms with Gasteiger partial charge in [0.2, 0.25) is 5.03 Å². The van der Waals surface area contributed by atoms with Crippen LogP contribution in [0.2, 0.25) is 0 Å².